The number of ether oxygens (including phenoxy) is 1. The Bertz CT molecular complexity index is 369. The second kappa shape index (κ2) is 4.99. The maximum atomic E-state index is 12.9. The summed E-state index contributed by atoms with van der Waals surface area (Å²) in [5, 5.41) is 0. The Labute approximate surface area is 96.3 Å². The lowest BCUT2D eigenvalue weighted by atomic mass is 10.3. The zero-order valence-corrected chi connectivity index (χ0v) is 9.28. The van der Waals surface area contributed by atoms with Crippen LogP contribution in [0.3, 0.4) is 0 Å². The van der Waals surface area contributed by atoms with E-state index in [2.05, 4.69) is 20.7 Å². The summed E-state index contributed by atoms with van der Waals surface area (Å²) in [5.41, 5.74) is 0. The molecule has 0 aliphatic carbocycles. The van der Waals surface area contributed by atoms with Crippen molar-refractivity contribution in [2.24, 2.45) is 0 Å². The van der Waals surface area contributed by atoms with Crippen LogP contribution in [0.2, 0.25) is 0 Å². The zero-order valence-electron chi connectivity index (χ0n) is 7.69. The highest BCUT2D eigenvalue weighted by atomic mass is 79.9. The molecule has 1 nitrogen and oxygen atoms in total. The molecule has 0 amide bonds. The van der Waals surface area contributed by atoms with Gasteiger partial charge in [0, 0.05) is 0 Å². The summed E-state index contributed by atoms with van der Waals surface area (Å²) in [6, 6.07) is 3.48. The van der Waals surface area contributed by atoms with Crippen LogP contribution in [0.1, 0.15) is 0 Å². The molecule has 0 saturated heterocycles. The second-order valence-electron chi connectivity index (χ2n) is 2.90. The molecule has 0 bridgehead atoms. The van der Waals surface area contributed by atoms with Crippen molar-refractivity contribution < 1.29 is 26.7 Å². The number of rotatable bonds is 4. The molecule has 0 spiro atoms. The number of hydrogen-bond acceptors (Lipinski definition) is 1. The van der Waals surface area contributed by atoms with Gasteiger partial charge in [0.2, 0.25) is 0 Å². The molecule has 1 rings (SSSR count). The molecular weight excluding hydrogens is 299 g/mol. The van der Waals surface area contributed by atoms with Crippen LogP contribution in [0.15, 0.2) is 22.7 Å². The van der Waals surface area contributed by atoms with Gasteiger partial charge in [0.25, 0.3) is 0 Å². The van der Waals surface area contributed by atoms with Gasteiger partial charge >= 0.3 is 12.3 Å². The Kier molecular flexibility index (Phi) is 4.12. The van der Waals surface area contributed by atoms with Crippen molar-refractivity contribution in [3.63, 3.8) is 0 Å². The van der Waals surface area contributed by atoms with Crippen LogP contribution < -0.4 is 4.74 Å². The third kappa shape index (κ3) is 3.07. The lowest BCUT2D eigenvalue weighted by Crippen LogP contribution is -2.33. The van der Waals surface area contributed by atoms with Gasteiger partial charge in [0.05, 0.1) is 4.47 Å². The SMILES string of the molecule is Fc1cccc(OCC(F)(F)C(F)F)c1Br. The van der Waals surface area contributed by atoms with Crippen molar-refractivity contribution in [3.8, 4) is 5.75 Å². The first-order valence-corrected chi connectivity index (χ1v) is 4.86. The average Bonchev–Trinajstić information content (AvgIpc) is 2.20. The molecule has 0 unspecified atom stereocenters. The first-order chi connectivity index (χ1) is 7.34. The second-order valence-corrected chi connectivity index (χ2v) is 3.70. The third-order valence-electron chi connectivity index (χ3n) is 1.66. The normalized spacial score (nSPS) is 11.9. The predicted octanol–water partition coefficient (Wildman–Crippen LogP) is 3.87. The topological polar surface area (TPSA) is 9.23 Å². The van der Waals surface area contributed by atoms with Crippen molar-refractivity contribution >= 4 is 15.9 Å². The van der Waals surface area contributed by atoms with E-state index in [0.29, 0.717) is 0 Å². The zero-order chi connectivity index (χ0) is 12.3. The van der Waals surface area contributed by atoms with Crippen LogP contribution in [0, 0.1) is 5.82 Å². The maximum absolute atomic E-state index is 12.9. The van der Waals surface area contributed by atoms with Crippen LogP contribution in [0.5, 0.6) is 5.75 Å². The van der Waals surface area contributed by atoms with Gasteiger partial charge in [-0.1, -0.05) is 6.07 Å². The first-order valence-electron chi connectivity index (χ1n) is 4.07. The molecule has 0 saturated carbocycles. The van der Waals surface area contributed by atoms with Crippen molar-refractivity contribution in [3.05, 3.63) is 28.5 Å². The Morgan fingerprint density at radius 3 is 2.50 bits per heavy atom. The predicted molar refractivity (Wildman–Crippen MR) is 50.5 cm³/mol. The standard InChI is InChI=1S/C9H6BrF5O/c10-7-5(11)2-1-3-6(7)16-4-9(14,15)8(12)13/h1-3,8H,4H2. The summed E-state index contributed by atoms with van der Waals surface area (Å²) >= 11 is 2.75. The highest BCUT2D eigenvalue weighted by molar-refractivity contribution is 9.10. The van der Waals surface area contributed by atoms with Crippen molar-refractivity contribution in [1.82, 2.24) is 0 Å². The Morgan fingerprint density at radius 2 is 1.94 bits per heavy atom. The van der Waals surface area contributed by atoms with Crippen LogP contribution in [0.4, 0.5) is 22.0 Å². The van der Waals surface area contributed by atoms with E-state index in [-0.39, 0.29) is 10.2 Å². The van der Waals surface area contributed by atoms with E-state index in [0.717, 1.165) is 6.07 Å². The highest BCUT2D eigenvalue weighted by Gasteiger charge is 2.41. The van der Waals surface area contributed by atoms with Crippen molar-refractivity contribution in [2.75, 3.05) is 6.61 Å². The highest BCUT2D eigenvalue weighted by Crippen LogP contribution is 2.30. The lowest BCUT2D eigenvalue weighted by Gasteiger charge is -2.16. The molecule has 0 aliphatic heterocycles. The number of alkyl halides is 4. The van der Waals surface area contributed by atoms with Gasteiger partial charge in [-0.15, -0.1) is 0 Å². The minimum atomic E-state index is -4.26. The molecule has 7 heteroatoms. The molecular formula is C9H6BrF5O. The number of hydrogen-bond donors (Lipinski definition) is 0. The summed E-state index contributed by atoms with van der Waals surface area (Å²) in [7, 11) is 0. The van der Waals surface area contributed by atoms with E-state index in [1.54, 1.807) is 0 Å². The molecule has 0 fully saturated rings. The molecule has 1 aromatic carbocycles. The fourth-order valence-electron chi connectivity index (χ4n) is 0.832. The third-order valence-corrected chi connectivity index (χ3v) is 2.43. The fraction of sp³-hybridized carbons (Fsp3) is 0.333. The van der Waals surface area contributed by atoms with Crippen LogP contribution >= 0.6 is 15.9 Å². The molecule has 0 radical (unpaired) electrons. The Balaban J connectivity index is 2.72. The van der Waals surface area contributed by atoms with Gasteiger partial charge in [-0.3, -0.25) is 0 Å². The van der Waals surface area contributed by atoms with Crippen molar-refractivity contribution in [2.45, 2.75) is 12.3 Å². The molecule has 90 valence electrons. The molecule has 0 atom stereocenters. The largest absolute Gasteiger partial charge is 0.486 e. The smallest absolute Gasteiger partial charge is 0.340 e. The molecule has 0 aliphatic rings. The minimum absolute atomic E-state index is 0.180. The number of benzene rings is 1. The van der Waals surface area contributed by atoms with Gasteiger partial charge in [0.15, 0.2) is 6.61 Å². The summed E-state index contributed by atoms with van der Waals surface area (Å²) in [6.07, 6.45) is -3.82. The maximum Gasteiger partial charge on any atom is 0.340 e. The summed E-state index contributed by atoms with van der Waals surface area (Å²) < 4.78 is 65.7. The Morgan fingerprint density at radius 1 is 1.31 bits per heavy atom. The van der Waals surface area contributed by atoms with Gasteiger partial charge in [-0.25, -0.2) is 13.2 Å². The lowest BCUT2D eigenvalue weighted by molar-refractivity contribution is -0.148. The Hall–Kier alpha value is -0.850. The first kappa shape index (κ1) is 13.2. The van der Waals surface area contributed by atoms with E-state index in [1.165, 1.54) is 12.1 Å². The summed E-state index contributed by atoms with van der Waals surface area (Å²) in [6.45, 7) is -1.51. The monoisotopic (exact) mass is 304 g/mol. The molecule has 0 aromatic heterocycles. The van der Waals surface area contributed by atoms with Gasteiger partial charge < -0.3 is 4.74 Å². The average molecular weight is 305 g/mol. The van der Waals surface area contributed by atoms with Gasteiger partial charge in [0.1, 0.15) is 11.6 Å². The van der Waals surface area contributed by atoms with Gasteiger partial charge in [-0.2, -0.15) is 8.78 Å². The molecule has 0 N–H and O–H groups in total. The van der Waals surface area contributed by atoms with E-state index in [9.17, 15) is 22.0 Å². The van der Waals surface area contributed by atoms with Crippen LogP contribution in [-0.4, -0.2) is 19.0 Å². The van der Waals surface area contributed by atoms with E-state index < -0.39 is 24.8 Å². The minimum Gasteiger partial charge on any atom is -0.486 e. The quantitative estimate of drug-likeness (QED) is 0.767. The van der Waals surface area contributed by atoms with Crippen LogP contribution in [-0.2, 0) is 0 Å². The van der Waals surface area contributed by atoms with Crippen LogP contribution in [0.25, 0.3) is 0 Å². The van der Waals surface area contributed by atoms with Crippen molar-refractivity contribution in [1.29, 1.82) is 0 Å². The van der Waals surface area contributed by atoms with E-state index in [4.69, 9.17) is 0 Å². The van der Waals surface area contributed by atoms with E-state index in [1.807, 2.05) is 0 Å². The fourth-order valence-corrected chi connectivity index (χ4v) is 1.21. The molecule has 1 aromatic rings. The summed E-state index contributed by atoms with van der Waals surface area (Å²) in [4.78, 5) is 0. The summed E-state index contributed by atoms with van der Waals surface area (Å²) in [5.74, 6) is -5.23. The van der Waals surface area contributed by atoms with Gasteiger partial charge in [-0.05, 0) is 28.1 Å². The van der Waals surface area contributed by atoms with E-state index >= 15 is 0 Å². The molecule has 16 heavy (non-hydrogen) atoms. The molecule has 0 heterocycles. The number of halogens is 6.